The molecule has 0 bridgehead atoms. The maximum absolute atomic E-state index is 10.1. The van der Waals surface area contributed by atoms with Crippen LogP contribution in [0, 0.1) is 12.8 Å². The molecule has 0 unspecified atom stereocenters. The van der Waals surface area contributed by atoms with Crippen molar-refractivity contribution >= 4 is 6.29 Å². The van der Waals surface area contributed by atoms with Gasteiger partial charge in [0, 0.05) is 13.5 Å². The van der Waals surface area contributed by atoms with Gasteiger partial charge in [-0.3, -0.25) is 0 Å². The molecule has 0 aromatic heterocycles. The van der Waals surface area contributed by atoms with Crippen molar-refractivity contribution in [1.82, 2.24) is 0 Å². The maximum Gasteiger partial charge on any atom is 0.119 e. The molecule has 0 aromatic carbocycles. The van der Waals surface area contributed by atoms with E-state index in [0.717, 1.165) is 26.2 Å². The van der Waals surface area contributed by atoms with Gasteiger partial charge in [0.15, 0.2) is 0 Å². The highest BCUT2D eigenvalue weighted by molar-refractivity contribution is 5.48. The Morgan fingerprint density at radius 2 is 1.05 bits per heavy atom. The summed E-state index contributed by atoms with van der Waals surface area (Å²) in [6.45, 7) is 7.72. The predicted molar refractivity (Wildman–Crippen MR) is 96.4 cm³/mol. The van der Waals surface area contributed by atoms with Crippen molar-refractivity contribution in [2.75, 3.05) is 7.11 Å². The first kappa shape index (κ1) is 28.1. The van der Waals surface area contributed by atoms with E-state index in [2.05, 4.69) is 19.4 Å². The van der Waals surface area contributed by atoms with Gasteiger partial charge in [-0.15, -0.1) is 19.4 Å². The van der Waals surface area contributed by atoms with Gasteiger partial charge in [-0.05, 0) is 19.3 Å². The summed E-state index contributed by atoms with van der Waals surface area (Å²) in [5.74, 6) is 0. The topological polar surface area (TPSA) is 37.3 Å². The van der Waals surface area contributed by atoms with E-state index in [1.165, 1.54) is 57.8 Å². The molecule has 0 atom stereocenters. The van der Waals surface area contributed by atoms with Gasteiger partial charge in [0.05, 0.1) is 0 Å². The van der Waals surface area contributed by atoms with Crippen LogP contribution in [0.2, 0.25) is 0 Å². The highest BCUT2D eigenvalue weighted by Gasteiger charge is 1.92. The number of carbonyl (C=O) groups excluding carboxylic acids is 1. The highest BCUT2D eigenvalue weighted by Crippen LogP contribution is 2.10. The Labute approximate surface area is 134 Å². The van der Waals surface area contributed by atoms with Crippen LogP contribution in [-0.2, 0) is 4.79 Å². The van der Waals surface area contributed by atoms with Crippen LogP contribution in [0.4, 0.5) is 0 Å². The van der Waals surface area contributed by atoms with Gasteiger partial charge in [-0.25, -0.2) is 0 Å². The van der Waals surface area contributed by atoms with Crippen molar-refractivity contribution in [3.8, 4) is 12.8 Å². The number of rotatable bonds is 12. The van der Waals surface area contributed by atoms with Gasteiger partial charge in [-0.1, -0.05) is 64.9 Å². The molecule has 0 aliphatic heterocycles. The first-order valence-electron chi connectivity index (χ1n) is 8.24. The minimum absolute atomic E-state index is 0.752. The van der Waals surface area contributed by atoms with Crippen LogP contribution in [0.1, 0.15) is 84.5 Å². The predicted octanol–water partition coefficient (Wildman–Crippen LogP) is 5.55. The quantitative estimate of drug-likeness (QED) is 0.222. The van der Waals surface area contributed by atoms with Crippen molar-refractivity contribution in [1.29, 1.82) is 0 Å². The number of hydrogen-bond acceptors (Lipinski definition) is 2. The monoisotopic (exact) mass is 298 g/mol. The molecule has 0 aliphatic rings. The van der Waals surface area contributed by atoms with Gasteiger partial charge < -0.3 is 9.90 Å². The summed E-state index contributed by atoms with van der Waals surface area (Å²) in [5, 5.41) is 7.00. The van der Waals surface area contributed by atoms with Crippen LogP contribution in [0.15, 0.2) is 12.7 Å². The fourth-order valence-electron chi connectivity index (χ4n) is 1.75. The maximum atomic E-state index is 10.1. The second kappa shape index (κ2) is 42.8. The minimum Gasteiger partial charge on any atom is -0.400 e. The average molecular weight is 299 g/mol. The second-order valence-corrected chi connectivity index (χ2v) is 4.21. The Kier molecular flexibility index (Phi) is 57.3. The Bertz CT molecular complexity index is 158. The molecule has 0 rings (SSSR count). The number of allylic oxidation sites excluding steroid dienone is 1. The van der Waals surface area contributed by atoms with Crippen molar-refractivity contribution in [2.24, 2.45) is 0 Å². The van der Waals surface area contributed by atoms with Gasteiger partial charge >= 0.3 is 0 Å². The van der Waals surface area contributed by atoms with Crippen LogP contribution in [0.25, 0.3) is 0 Å². The Morgan fingerprint density at radius 3 is 1.33 bits per heavy atom. The van der Waals surface area contributed by atoms with Crippen molar-refractivity contribution in [3.05, 3.63) is 12.7 Å². The molecule has 0 amide bonds. The van der Waals surface area contributed by atoms with Crippen LogP contribution < -0.4 is 0 Å². The van der Waals surface area contributed by atoms with E-state index < -0.39 is 0 Å². The zero-order valence-electron chi connectivity index (χ0n) is 14.7. The Hall–Kier alpha value is -1.07. The summed E-state index contributed by atoms with van der Waals surface area (Å²) < 4.78 is 0. The fraction of sp³-hybridized carbons (Fsp3) is 0.737. The van der Waals surface area contributed by atoms with Crippen molar-refractivity contribution in [2.45, 2.75) is 84.5 Å². The molecule has 0 radical (unpaired) electrons. The smallest absolute Gasteiger partial charge is 0.119 e. The van der Waals surface area contributed by atoms with E-state index in [4.69, 9.17) is 5.11 Å². The molecule has 0 aromatic rings. The number of terminal acetylenes is 1. The molecule has 0 saturated carbocycles. The fourth-order valence-corrected chi connectivity index (χ4v) is 1.75. The summed E-state index contributed by atoms with van der Waals surface area (Å²) in [5.41, 5.74) is 0. The molecule has 0 fully saturated rings. The summed E-state index contributed by atoms with van der Waals surface area (Å²) in [7, 11) is 1.00. The lowest BCUT2D eigenvalue weighted by molar-refractivity contribution is -0.107. The van der Waals surface area contributed by atoms with E-state index in [-0.39, 0.29) is 0 Å². The first-order valence-corrected chi connectivity index (χ1v) is 8.24. The van der Waals surface area contributed by atoms with Crippen LogP contribution in [-0.4, -0.2) is 18.5 Å². The van der Waals surface area contributed by atoms with E-state index in [9.17, 15) is 4.79 Å². The molecule has 126 valence electrons. The molecule has 0 heterocycles. The molecule has 1 N–H and O–H groups in total. The lowest BCUT2D eigenvalue weighted by Crippen LogP contribution is -1.82. The third-order valence-corrected chi connectivity index (χ3v) is 2.73. The number of unbranched alkanes of at least 4 members (excludes halogenated alkanes) is 10. The minimum atomic E-state index is 0.752. The molecule has 2 heteroatoms. The van der Waals surface area contributed by atoms with Crippen LogP contribution in [0.5, 0.6) is 0 Å². The molecule has 0 saturated heterocycles. The first-order chi connectivity index (χ1) is 10.4. The summed E-state index contributed by atoms with van der Waals surface area (Å²) in [6, 6.07) is 0. The molecular weight excluding hydrogens is 260 g/mol. The number of aldehydes is 1. The van der Waals surface area contributed by atoms with Crippen molar-refractivity contribution < 1.29 is 9.90 Å². The largest absolute Gasteiger partial charge is 0.400 e. The summed E-state index contributed by atoms with van der Waals surface area (Å²) in [4.78, 5) is 10.1. The standard InChI is InChI=1S/C14H26O.C2H6.C2H2.CH4O/c1-2-3-4-5-6-7-8-9-10-11-12-13-14-15;3*1-2/h2,14H,1,3-13H2;1-2H3;1-2H;2H,1H3. The average Bonchev–Trinajstić information content (AvgIpc) is 2.58. The number of aliphatic hydroxyl groups excluding tert-OH is 1. The third-order valence-electron chi connectivity index (χ3n) is 2.73. The summed E-state index contributed by atoms with van der Waals surface area (Å²) >= 11 is 0. The van der Waals surface area contributed by atoms with Gasteiger partial charge in [0.25, 0.3) is 0 Å². The summed E-state index contributed by atoms with van der Waals surface area (Å²) in [6.07, 6.45) is 24.7. The van der Waals surface area contributed by atoms with E-state index in [1.54, 1.807) is 0 Å². The zero-order chi connectivity index (χ0) is 17.2. The highest BCUT2D eigenvalue weighted by atomic mass is 16.2. The Morgan fingerprint density at radius 1 is 0.762 bits per heavy atom. The second-order valence-electron chi connectivity index (χ2n) is 4.21. The molecule has 2 nitrogen and oxygen atoms in total. The van der Waals surface area contributed by atoms with E-state index in [1.807, 2.05) is 19.9 Å². The van der Waals surface area contributed by atoms with Crippen LogP contribution in [0.3, 0.4) is 0 Å². The Balaban J connectivity index is -0.000000212. The van der Waals surface area contributed by atoms with Gasteiger partial charge in [-0.2, -0.15) is 0 Å². The zero-order valence-corrected chi connectivity index (χ0v) is 14.7. The molecule has 0 aliphatic carbocycles. The van der Waals surface area contributed by atoms with Crippen LogP contribution >= 0.6 is 0 Å². The molecular formula is C19H38O2. The SMILES string of the molecule is C#C.C=CCCCCCCCCCCCC=O.CC.CO. The number of carbonyl (C=O) groups is 1. The molecule has 0 spiro atoms. The third kappa shape index (κ3) is 45.4. The number of hydrogen-bond donors (Lipinski definition) is 1. The molecule has 21 heavy (non-hydrogen) atoms. The van der Waals surface area contributed by atoms with E-state index in [0.29, 0.717) is 0 Å². The lowest BCUT2D eigenvalue weighted by Gasteiger charge is -2.00. The number of aliphatic hydroxyl groups is 1. The normalized spacial score (nSPS) is 7.90. The van der Waals surface area contributed by atoms with E-state index >= 15 is 0 Å². The van der Waals surface area contributed by atoms with Crippen molar-refractivity contribution in [3.63, 3.8) is 0 Å². The van der Waals surface area contributed by atoms with Gasteiger partial charge in [0.2, 0.25) is 0 Å². The van der Waals surface area contributed by atoms with Gasteiger partial charge in [0.1, 0.15) is 6.29 Å². The lowest BCUT2D eigenvalue weighted by atomic mass is 10.1.